The number of fused-ring (bicyclic) bond motifs is 3. The fraction of sp³-hybridized carbons (Fsp3) is 0.677. The Kier molecular flexibility index (Phi) is 8.07. The molecule has 5 rings (SSSR count). The minimum atomic E-state index is -1.97. The Bertz CT molecular complexity index is 1190. The van der Waals surface area contributed by atoms with Crippen LogP contribution in [0.5, 0.6) is 11.5 Å². The summed E-state index contributed by atoms with van der Waals surface area (Å²) in [5.74, 6) is 0.516. The minimum Gasteiger partial charge on any atom is -0.455 e. The summed E-state index contributed by atoms with van der Waals surface area (Å²) < 4.78 is 17.7. The Morgan fingerprint density at radius 1 is 1.18 bits per heavy atom. The van der Waals surface area contributed by atoms with Gasteiger partial charge >= 0.3 is 5.97 Å². The van der Waals surface area contributed by atoms with Gasteiger partial charge < -0.3 is 24.4 Å². The minimum absolute atomic E-state index is 0.0346. The molecule has 40 heavy (non-hydrogen) atoms. The summed E-state index contributed by atoms with van der Waals surface area (Å²) in [7, 11) is 0. The van der Waals surface area contributed by atoms with Crippen molar-refractivity contribution in [1.29, 1.82) is 0 Å². The quantitative estimate of drug-likeness (QED) is 0.326. The number of carbonyl (C=O) groups is 2. The Balaban J connectivity index is 1.47. The third kappa shape index (κ3) is 5.67. The lowest BCUT2D eigenvalue weighted by Crippen LogP contribution is -2.49. The van der Waals surface area contributed by atoms with Crippen LogP contribution in [-0.2, 0) is 20.7 Å². The number of esters is 1. The molecular formula is C31H43NO7S. The van der Waals surface area contributed by atoms with Crippen molar-refractivity contribution >= 4 is 22.8 Å². The molecule has 0 aromatic heterocycles. The topological polar surface area (TPSA) is 106 Å². The second-order valence-corrected chi connectivity index (χ2v) is 14.5. The smallest absolute Gasteiger partial charge is 0.339 e. The number of rotatable bonds is 9. The average molecular weight is 574 g/mol. The van der Waals surface area contributed by atoms with Crippen LogP contribution in [0.4, 0.5) is 0 Å². The van der Waals surface area contributed by atoms with Gasteiger partial charge in [0.1, 0.15) is 6.10 Å². The summed E-state index contributed by atoms with van der Waals surface area (Å²) in [6.45, 7) is 11.3. The molecular weight excluding hydrogens is 530 g/mol. The van der Waals surface area contributed by atoms with Crippen molar-refractivity contribution in [3.63, 3.8) is 0 Å². The molecule has 1 unspecified atom stereocenters. The summed E-state index contributed by atoms with van der Waals surface area (Å²) >= 11 is 1.12. The first kappa shape index (κ1) is 29.4. The Morgan fingerprint density at radius 3 is 2.60 bits per heavy atom. The molecule has 8 nitrogen and oxygen atoms in total. The van der Waals surface area contributed by atoms with E-state index in [2.05, 4.69) is 23.1 Å². The van der Waals surface area contributed by atoms with Crippen molar-refractivity contribution in [1.82, 2.24) is 4.90 Å². The molecule has 220 valence electrons. The van der Waals surface area contributed by atoms with E-state index in [0.29, 0.717) is 18.6 Å². The number of hydrogen-bond donors (Lipinski definition) is 2. The number of thioether (sulfide) groups is 1. The van der Waals surface area contributed by atoms with Gasteiger partial charge in [-0.1, -0.05) is 31.7 Å². The van der Waals surface area contributed by atoms with E-state index >= 15 is 0 Å². The second kappa shape index (κ2) is 11.0. The van der Waals surface area contributed by atoms with Crippen LogP contribution in [0, 0.1) is 0 Å². The second-order valence-electron chi connectivity index (χ2n) is 12.8. The zero-order chi connectivity index (χ0) is 28.9. The van der Waals surface area contributed by atoms with E-state index in [1.807, 2.05) is 20.8 Å². The molecule has 4 aliphatic rings. The molecule has 3 aliphatic heterocycles. The molecule has 1 fully saturated rings. The fourth-order valence-electron chi connectivity index (χ4n) is 7.05. The van der Waals surface area contributed by atoms with Gasteiger partial charge in [0.05, 0.1) is 17.6 Å². The number of carbonyl (C=O) groups excluding carboxylic acids is 2. The molecule has 9 heteroatoms. The maximum absolute atomic E-state index is 13.9. The van der Waals surface area contributed by atoms with E-state index in [9.17, 15) is 19.8 Å². The Morgan fingerprint density at radius 2 is 1.90 bits per heavy atom. The Labute approximate surface area is 241 Å². The summed E-state index contributed by atoms with van der Waals surface area (Å²) in [6.07, 6.45) is 5.03. The van der Waals surface area contributed by atoms with E-state index in [-0.39, 0.29) is 41.5 Å². The first-order valence-electron chi connectivity index (χ1n) is 14.5. The SMILES string of the molecule is CC1=C[C@]23CCCN2CCc2cc4c(cc2C3[C@@H]1OC(=O)[C@@](O)(CCCC(C)(C)O)CC(=O)SC(C)C)OCO4. The van der Waals surface area contributed by atoms with Gasteiger partial charge in [-0.25, -0.2) is 4.79 Å². The van der Waals surface area contributed by atoms with E-state index in [1.165, 1.54) is 0 Å². The van der Waals surface area contributed by atoms with Gasteiger partial charge in [-0.3, -0.25) is 9.69 Å². The van der Waals surface area contributed by atoms with Crippen molar-refractivity contribution < 1.29 is 34.0 Å². The van der Waals surface area contributed by atoms with Crippen molar-refractivity contribution in [3.8, 4) is 11.5 Å². The normalized spacial score (nSPS) is 26.9. The molecule has 4 atom stereocenters. The van der Waals surface area contributed by atoms with Crippen LogP contribution < -0.4 is 9.47 Å². The monoisotopic (exact) mass is 573 g/mol. The number of hydrogen-bond acceptors (Lipinski definition) is 9. The molecule has 3 heterocycles. The molecule has 1 aromatic rings. The van der Waals surface area contributed by atoms with Gasteiger partial charge in [0.15, 0.2) is 22.2 Å². The van der Waals surface area contributed by atoms with Crippen LogP contribution in [0.25, 0.3) is 0 Å². The molecule has 1 aromatic carbocycles. The maximum Gasteiger partial charge on any atom is 0.339 e. The molecule has 1 aliphatic carbocycles. The van der Waals surface area contributed by atoms with Crippen LogP contribution in [0.3, 0.4) is 0 Å². The highest BCUT2D eigenvalue weighted by molar-refractivity contribution is 8.14. The summed E-state index contributed by atoms with van der Waals surface area (Å²) in [5.41, 5.74) is 0.0138. The molecule has 1 spiro atoms. The molecule has 1 saturated heterocycles. The van der Waals surface area contributed by atoms with Gasteiger partial charge in [-0.15, -0.1) is 0 Å². The van der Waals surface area contributed by atoms with Crippen LogP contribution in [0.1, 0.15) is 90.2 Å². The van der Waals surface area contributed by atoms with Gasteiger partial charge in [0.2, 0.25) is 6.79 Å². The van der Waals surface area contributed by atoms with Crippen LogP contribution in [0.15, 0.2) is 23.8 Å². The number of ether oxygens (including phenoxy) is 3. The van der Waals surface area contributed by atoms with Gasteiger partial charge in [0, 0.05) is 17.7 Å². The molecule has 0 saturated carbocycles. The summed E-state index contributed by atoms with van der Waals surface area (Å²) in [5, 5.41) is 21.7. The molecule has 0 radical (unpaired) electrons. The van der Waals surface area contributed by atoms with Crippen molar-refractivity contribution in [2.24, 2.45) is 0 Å². The van der Waals surface area contributed by atoms with Crippen LogP contribution in [0.2, 0.25) is 0 Å². The summed E-state index contributed by atoms with van der Waals surface area (Å²) in [4.78, 5) is 29.3. The summed E-state index contributed by atoms with van der Waals surface area (Å²) in [6, 6.07) is 4.12. The Hall–Kier alpha value is -2.07. The van der Waals surface area contributed by atoms with E-state index < -0.39 is 23.3 Å². The highest BCUT2D eigenvalue weighted by atomic mass is 32.2. The van der Waals surface area contributed by atoms with Crippen molar-refractivity contribution in [3.05, 3.63) is 34.9 Å². The largest absolute Gasteiger partial charge is 0.455 e. The first-order valence-corrected chi connectivity index (χ1v) is 15.4. The number of benzene rings is 1. The first-order chi connectivity index (χ1) is 18.8. The third-order valence-electron chi connectivity index (χ3n) is 8.78. The standard InChI is InChI=1S/C31H43NO7S/c1-19(2)40-25(33)17-31(36,11-6-9-29(4,5)35)28(34)39-27-20(3)16-30-10-7-12-32(30)13-8-21-14-23-24(38-18-37-23)15-22(21)26(27)30/h14-16,19,26-27,35-36H,6-13,17-18H2,1-5H3/t26?,27-,30+,31-/m1/s1. The lowest BCUT2D eigenvalue weighted by molar-refractivity contribution is -0.173. The van der Waals surface area contributed by atoms with E-state index in [0.717, 1.165) is 66.6 Å². The average Bonchev–Trinajstić information content (AvgIpc) is 3.51. The van der Waals surface area contributed by atoms with Crippen molar-refractivity contribution in [2.75, 3.05) is 19.9 Å². The van der Waals surface area contributed by atoms with Gasteiger partial charge in [0.25, 0.3) is 0 Å². The fourth-order valence-corrected chi connectivity index (χ4v) is 7.89. The lowest BCUT2D eigenvalue weighted by Gasteiger charge is -2.40. The third-order valence-corrected chi connectivity index (χ3v) is 9.66. The highest BCUT2D eigenvalue weighted by Gasteiger charge is 2.57. The van der Waals surface area contributed by atoms with Gasteiger partial charge in [-0.2, -0.15) is 0 Å². The predicted molar refractivity (Wildman–Crippen MR) is 154 cm³/mol. The molecule has 0 bridgehead atoms. The molecule has 2 N–H and O–H groups in total. The zero-order valence-corrected chi connectivity index (χ0v) is 25.1. The predicted octanol–water partition coefficient (Wildman–Crippen LogP) is 4.49. The molecule has 0 amide bonds. The highest BCUT2D eigenvalue weighted by Crippen LogP contribution is 2.55. The van der Waals surface area contributed by atoms with Crippen LogP contribution in [-0.4, -0.2) is 74.2 Å². The van der Waals surface area contributed by atoms with Crippen molar-refractivity contribution in [2.45, 2.75) is 114 Å². The number of aliphatic hydroxyl groups is 2. The van der Waals surface area contributed by atoms with E-state index in [1.54, 1.807) is 13.8 Å². The zero-order valence-electron chi connectivity index (χ0n) is 24.3. The number of nitrogens with zero attached hydrogens (tertiary/aromatic N) is 1. The lowest BCUT2D eigenvalue weighted by atomic mass is 9.77. The van der Waals surface area contributed by atoms with Gasteiger partial charge in [-0.05, 0) is 94.7 Å². The van der Waals surface area contributed by atoms with E-state index in [4.69, 9.17) is 14.2 Å². The maximum atomic E-state index is 13.9. The van der Waals surface area contributed by atoms with Crippen LogP contribution >= 0.6 is 11.8 Å².